The number of benzene rings is 2. The Bertz CT molecular complexity index is 1100. The molecular weight excluding hydrogens is 521 g/mol. The second-order valence-corrected chi connectivity index (χ2v) is 11.5. The minimum Gasteiger partial charge on any atom is -0.354 e. The van der Waals surface area contributed by atoms with Gasteiger partial charge in [0.1, 0.15) is 6.04 Å². The highest BCUT2D eigenvalue weighted by atomic mass is 35.5. The summed E-state index contributed by atoms with van der Waals surface area (Å²) in [6.45, 7) is 5.36. The van der Waals surface area contributed by atoms with Gasteiger partial charge in [0.15, 0.2) is 0 Å². The highest BCUT2D eigenvalue weighted by Crippen LogP contribution is 2.27. The third-order valence-electron chi connectivity index (χ3n) is 5.12. The van der Waals surface area contributed by atoms with Gasteiger partial charge in [-0.2, -0.15) is 4.31 Å². The van der Waals surface area contributed by atoms with Crippen molar-refractivity contribution in [3.63, 3.8) is 0 Å². The molecule has 2 rings (SSSR count). The zero-order chi connectivity index (χ0) is 25.6. The Morgan fingerprint density at radius 1 is 0.971 bits per heavy atom. The van der Waals surface area contributed by atoms with Crippen molar-refractivity contribution in [1.29, 1.82) is 0 Å². The molecule has 34 heavy (non-hydrogen) atoms. The third kappa shape index (κ3) is 7.33. The first-order chi connectivity index (χ1) is 15.8. The molecule has 0 radical (unpaired) electrons. The van der Waals surface area contributed by atoms with Crippen molar-refractivity contribution in [3.8, 4) is 0 Å². The molecule has 2 aromatic rings. The van der Waals surface area contributed by atoms with Gasteiger partial charge in [-0.15, -0.1) is 0 Å². The lowest BCUT2D eigenvalue weighted by atomic mass is 10.1. The van der Waals surface area contributed by atoms with E-state index in [2.05, 4.69) is 5.32 Å². The summed E-state index contributed by atoms with van der Waals surface area (Å²) in [5, 5.41) is 3.87. The quantitative estimate of drug-likeness (QED) is 0.475. The molecule has 0 spiro atoms. The molecule has 7 nitrogen and oxygen atoms in total. The number of sulfonamides is 1. The number of amides is 2. The predicted octanol–water partition coefficient (Wildman–Crippen LogP) is 4.46. The van der Waals surface area contributed by atoms with Gasteiger partial charge in [-0.1, -0.05) is 54.7 Å². The smallest absolute Gasteiger partial charge is 0.243 e. The van der Waals surface area contributed by atoms with Gasteiger partial charge in [0.25, 0.3) is 0 Å². The Morgan fingerprint density at radius 3 is 2.06 bits per heavy atom. The number of nitrogens with one attached hydrogen (secondary N) is 1. The fourth-order valence-corrected chi connectivity index (χ4v) is 4.80. The van der Waals surface area contributed by atoms with Crippen LogP contribution in [0.5, 0.6) is 0 Å². The highest BCUT2D eigenvalue weighted by Gasteiger charge is 2.31. The summed E-state index contributed by atoms with van der Waals surface area (Å²) in [6, 6.07) is 9.67. The van der Waals surface area contributed by atoms with Crippen LogP contribution in [0.2, 0.25) is 15.1 Å². The van der Waals surface area contributed by atoms with Crippen LogP contribution in [0.4, 0.5) is 0 Å². The van der Waals surface area contributed by atoms with E-state index in [1.54, 1.807) is 25.1 Å². The van der Waals surface area contributed by atoms with Crippen LogP contribution in [0.3, 0.4) is 0 Å². The fraction of sp³-hybridized carbons (Fsp3) is 0.391. The summed E-state index contributed by atoms with van der Waals surface area (Å²) in [4.78, 5) is 27.4. The average molecular weight is 549 g/mol. The summed E-state index contributed by atoms with van der Waals surface area (Å²) in [7, 11) is -2.67. The number of hydrogen-bond donors (Lipinski definition) is 1. The Kier molecular flexibility index (Phi) is 10.2. The first-order valence-corrected chi connectivity index (χ1v) is 13.1. The van der Waals surface area contributed by atoms with E-state index in [9.17, 15) is 18.0 Å². The maximum Gasteiger partial charge on any atom is 0.243 e. The molecule has 0 bridgehead atoms. The van der Waals surface area contributed by atoms with E-state index in [1.165, 1.54) is 36.2 Å². The van der Waals surface area contributed by atoms with E-state index >= 15 is 0 Å². The van der Waals surface area contributed by atoms with E-state index in [1.807, 2.05) is 13.8 Å². The van der Waals surface area contributed by atoms with Gasteiger partial charge in [-0.25, -0.2) is 8.42 Å². The maximum atomic E-state index is 13.3. The van der Waals surface area contributed by atoms with Crippen LogP contribution < -0.4 is 5.32 Å². The van der Waals surface area contributed by atoms with Crippen LogP contribution in [-0.4, -0.2) is 55.6 Å². The van der Waals surface area contributed by atoms with E-state index < -0.39 is 28.5 Å². The molecule has 0 aliphatic rings. The normalized spacial score (nSPS) is 12.6. The SMILES string of the molecule is CC(C)CNC(=O)[C@H](C)N(Cc1c(Cl)cccc1Cl)C(=O)CN(C)S(=O)(=O)c1ccc(Cl)cc1. The Balaban J connectivity index is 2.32. The summed E-state index contributed by atoms with van der Waals surface area (Å²) < 4.78 is 26.8. The summed E-state index contributed by atoms with van der Waals surface area (Å²) in [5.41, 5.74) is 0.464. The number of rotatable bonds is 10. The Morgan fingerprint density at radius 2 is 1.53 bits per heavy atom. The maximum absolute atomic E-state index is 13.3. The molecule has 0 heterocycles. The molecule has 1 atom stereocenters. The van der Waals surface area contributed by atoms with Crippen LogP contribution in [-0.2, 0) is 26.2 Å². The van der Waals surface area contributed by atoms with Crippen LogP contribution in [0.1, 0.15) is 26.3 Å². The highest BCUT2D eigenvalue weighted by molar-refractivity contribution is 7.89. The van der Waals surface area contributed by atoms with Crippen molar-refractivity contribution in [1.82, 2.24) is 14.5 Å². The zero-order valence-electron chi connectivity index (χ0n) is 19.4. The van der Waals surface area contributed by atoms with Crippen LogP contribution in [0, 0.1) is 5.92 Å². The third-order valence-corrected chi connectivity index (χ3v) is 7.90. The minimum absolute atomic E-state index is 0.00405. The largest absolute Gasteiger partial charge is 0.354 e. The summed E-state index contributed by atoms with van der Waals surface area (Å²) >= 11 is 18.4. The lowest BCUT2D eigenvalue weighted by Gasteiger charge is -2.31. The number of halogens is 3. The van der Waals surface area contributed by atoms with E-state index in [0.29, 0.717) is 27.2 Å². The number of carbonyl (C=O) groups excluding carboxylic acids is 2. The van der Waals surface area contributed by atoms with Crippen molar-refractivity contribution in [2.45, 2.75) is 38.3 Å². The Labute approximate surface area is 216 Å². The molecular formula is C23H28Cl3N3O4S. The van der Waals surface area contributed by atoms with Crippen molar-refractivity contribution in [3.05, 3.63) is 63.1 Å². The minimum atomic E-state index is -3.97. The molecule has 186 valence electrons. The van der Waals surface area contributed by atoms with Crippen LogP contribution in [0.25, 0.3) is 0 Å². The average Bonchev–Trinajstić information content (AvgIpc) is 2.77. The van der Waals surface area contributed by atoms with Gasteiger partial charge in [0, 0.05) is 40.8 Å². The van der Waals surface area contributed by atoms with E-state index in [4.69, 9.17) is 34.8 Å². The lowest BCUT2D eigenvalue weighted by Crippen LogP contribution is -2.51. The molecule has 0 saturated heterocycles. The number of carbonyl (C=O) groups is 2. The fourth-order valence-electron chi connectivity index (χ4n) is 3.04. The molecule has 1 N–H and O–H groups in total. The molecule has 2 amide bonds. The van der Waals surface area contributed by atoms with E-state index in [-0.39, 0.29) is 23.3 Å². The summed E-state index contributed by atoms with van der Waals surface area (Å²) in [6.07, 6.45) is 0. The second kappa shape index (κ2) is 12.2. The number of likely N-dealkylation sites (N-methyl/N-ethyl adjacent to an activating group) is 1. The topological polar surface area (TPSA) is 86.8 Å². The van der Waals surface area contributed by atoms with Crippen LogP contribution >= 0.6 is 34.8 Å². The van der Waals surface area contributed by atoms with E-state index in [0.717, 1.165) is 4.31 Å². The van der Waals surface area contributed by atoms with Gasteiger partial charge in [-0.3, -0.25) is 9.59 Å². The standard InChI is InChI=1S/C23H28Cl3N3O4S/c1-15(2)12-27-23(31)16(3)29(13-19-20(25)6-5-7-21(19)26)22(30)14-28(4)34(32,33)18-10-8-17(24)9-11-18/h5-11,15-16H,12-14H2,1-4H3,(H,27,31)/t16-/m0/s1. The molecule has 11 heteroatoms. The molecule has 0 aromatic heterocycles. The second-order valence-electron chi connectivity index (χ2n) is 8.25. The first-order valence-electron chi connectivity index (χ1n) is 10.6. The van der Waals surface area contributed by atoms with Crippen molar-refractivity contribution in [2.75, 3.05) is 20.1 Å². The number of nitrogens with zero attached hydrogens (tertiary/aromatic N) is 2. The van der Waals surface area contributed by atoms with Gasteiger partial charge in [-0.05, 0) is 49.2 Å². The van der Waals surface area contributed by atoms with Crippen molar-refractivity contribution in [2.24, 2.45) is 5.92 Å². The van der Waals surface area contributed by atoms with Gasteiger partial charge in [0.2, 0.25) is 21.8 Å². The Hall–Kier alpha value is -1.84. The summed E-state index contributed by atoms with van der Waals surface area (Å²) in [5.74, 6) is -0.731. The molecule has 0 unspecified atom stereocenters. The first kappa shape index (κ1) is 28.4. The van der Waals surface area contributed by atoms with Crippen molar-refractivity contribution < 1.29 is 18.0 Å². The molecule has 0 aliphatic carbocycles. The predicted molar refractivity (Wildman–Crippen MR) is 136 cm³/mol. The molecule has 0 fully saturated rings. The number of hydrogen-bond acceptors (Lipinski definition) is 4. The van der Waals surface area contributed by atoms with Crippen LogP contribution in [0.15, 0.2) is 47.4 Å². The molecule has 0 aliphatic heterocycles. The van der Waals surface area contributed by atoms with Gasteiger partial charge >= 0.3 is 0 Å². The van der Waals surface area contributed by atoms with Crippen molar-refractivity contribution >= 4 is 56.6 Å². The van der Waals surface area contributed by atoms with Gasteiger partial charge in [0.05, 0.1) is 11.4 Å². The lowest BCUT2D eigenvalue weighted by molar-refractivity contribution is -0.140. The zero-order valence-corrected chi connectivity index (χ0v) is 22.5. The van der Waals surface area contributed by atoms with Gasteiger partial charge < -0.3 is 10.2 Å². The monoisotopic (exact) mass is 547 g/mol. The molecule has 0 saturated carbocycles. The molecule has 2 aromatic carbocycles.